The molecule has 3 N–H and O–H groups in total. The van der Waals surface area contributed by atoms with E-state index in [0.29, 0.717) is 18.2 Å². The van der Waals surface area contributed by atoms with Gasteiger partial charge in [0.2, 0.25) is 5.91 Å². The van der Waals surface area contributed by atoms with Gasteiger partial charge in [0.1, 0.15) is 5.82 Å². The van der Waals surface area contributed by atoms with Gasteiger partial charge in [-0.1, -0.05) is 25.4 Å². The molecule has 3 amide bonds. The van der Waals surface area contributed by atoms with Crippen LogP contribution in [0.4, 0.5) is 14.9 Å². The van der Waals surface area contributed by atoms with Gasteiger partial charge in [-0.3, -0.25) is 4.79 Å². The molecule has 1 aromatic rings. The van der Waals surface area contributed by atoms with Crippen molar-refractivity contribution in [3.8, 4) is 0 Å². The van der Waals surface area contributed by atoms with Gasteiger partial charge in [-0.25, -0.2) is 9.18 Å². The number of hydrogen-bond donors (Lipinski definition) is 3. The monoisotopic (exact) mass is 301 g/mol. The molecule has 7 heteroatoms. The number of halogens is 2. The number of rotatable bonds is 5. The van der Waals surface area contributed by atoms with Gasteiger partial charge in [-0.2, -0.15) is 0 Å². The lowest BCUT2D eigenvalue weighted by Gasteiger charge is -2.10. The fourth-order valence-electron chi connectivity index (χ4n) is 1.30. The van der Waals surface area contributed by atoms with Crippen molar-refractivity contribution in [3.05, 3.63) is 29.0 Å². The third kappa shape index (κ3) is 5.88. The second-order valence-corrected chi connectivity index (χ2v) is 5.04. The number of nitrogens with one attached hydrogen (secondary N) is 3. The van der Waals surface area contributed by atoms with E-state index in [4.69, 9.17) is 11.6 Å². The first-order chi connectivity index (χ1) is 9.38. The van der Waals surface area contributed by atoms with Crippen molar-refractivity contribution in [1.29, 1.82) is 0 Å². The van der Waals surface area contributed by atoms with Crippen LogP contribution < -0.4 is 16.0 Å². The minimum absolute atomic E-state index is 0.0783. The molecule has 0 radical (unpaired) electrons. The Kier molecular flexibility index (Phi) is 6.24. The lowest BCUT2D eigenvalue weighted by molar-refractivity contribution is -0.115. The summed E-state index contributed by atoms with van der Waals surface area (Å²) in [6, 6.07) is 3.43. The number of anilines is 1. The molecule has 20 heavy (non-hydrogen) atoms. The van der Waals surface area contributed by atoms with Gasteiger partial charge in [0.05, 0.1) is 11.6 Å². The molecule has 5 nitrogen and oxygen atoms in total. The Hall–Kier alpha value is -1.82. The minimum Gasteiger partial charge on any atom is -0.338 e. The molecule has 1 aromatic carbocycles. The van der Waals surface area contributed by atoms with E-state index >= 15 is 0 Å². The highest BCUT2D eigenvalue weighted by atomic mass is 35.5. The van der Waals surface area contributed by atoms with Crippen molar-refractivity contribution in [1.82, 2.24) is 10.6 Å². The first kappa shape index (κ1) is 16.2. The van der Waals surface area contributed by atoms with Gasteiger partial charge >= 0.3 is 6.03 Å². The summed E-state index contributed by atoms with van der Waals surface area (Å²) < 4.78 is 12.9. The molecule has 0 aliphatic rings. The van der Waals surface area contributed by atoms with E-state index in [-0.39, 0.29) is 11.6 Å². The van der Waals surface area contributed by atoms with Crippen LogP contribution in [0, 0.1) is 11.7 Å². The van der Waals surface area contributed by atoms with Crippen LogP contribution in [0.25, 0.3) is 0 Å². The Morgan fingerprint density at radius 3 is 2.60 bits per heavy atom. The molecule has 0 spiro atoms. The lowest BCUT2D eigenvalue weighted by Crippen LogP contribution is -2.41. The third-order valence-corrected chi connectivity index (χ3v) is 2.57. The number of urea groups is 1. The Morgan fingerprint density at radius 2 is 2.00 bits per heavy atom. The third-order valence-electron chi connectivity index (χ3n) is 2.28. The molecule has 0 saturated heterocycles. The molecule has 0 bridgehead atoms. The molecule has 1 rings (SSSR count). The van der Waals surface area contributed by atoms with Gasteiger partial charge in [0.25, 0.3) is 0 Å². The molecule has 0 saturated carbocycles. The Labute approximate surface area is 121 Å². The summed E-state index contributed by atoms with van der Waals surface area (Å²) in [6.07, 6.45) is 0. The van der Waals surface area contributed by atoms with Crippen LogP contribution in [0.3, 0.4) is 0 Å². The molecule has 0 aliphatic carbocycles. The number of benzene rings is 1. The van der Waals surface area contributed by atoms with Gasteiger partial charge in [-0.15, -0.1) is 0 Å². The predicted octanol–water partition coefficient (Wildman–Crippen LogP) is 2.37. The SMILES string of the molecule is CC(C)CNC(=O)NCC(=O)Nc1ccc(F)c(Cl)c1. The summed E-state index contributed by atoms with van der Waals surface area (Å²) in [4.78, 5) is 22.9. The first-order valence-corrected chi connectivity index (χ1v) is 6.53. The predicted molar refractivity (Wildman–Crippen MR) is 76.3 cm³/mol. The summed E-state index contributed by atoms with van der Waals surface area (Å²) in [5.74, 6) is -0.654. The summed E-state index contributed by atoms with van der Waals surface area (Å²) in [5, 5.41) is 7.45. The largest absolute Gasteiger partial charge is 0.338 e. The molecule has 110 valence electrons. The van der Waals surface area contributed by atoms with E-state index in [1.165, 1.54) is 12.1 Å². The maximum atomic E-state index is 12.9. The molecule has 0 aromatic heterocycles. The summed E-state index contributed by atoms with van der Waals surface area (Å²) >= 11 is 5.59. The number of carbonyl (C=O) groups excluding carboxylic acids is 2. The van der Waals surface area contributed by atoms with Crippen molar-refractivity contribution in [2.45, 2.75) is 13.8 Å². The van der Waals surface area contributed by atoms with Crippen LogP contribution in [0.1, 0.15) is 13.8 Å². The Morgan fingerprint density at radius 1 is 1.30 bits per heavy atom. The van der Waals surface area contributed by atoms with Crippen molar-refractivity contribution in [2.24, 2.45) is 5.92 Å². The second-order valence-electron chi connectivity index (χ2n) is 4.63. The van der Waals surface area contributed by atoms with Crippen molar-refractivity contribution < 1.29 is 14.0 Å². The summed E-state index contributed by atoms with van der Waals surface area (Å²) in [7, 11) is 0. The maximum absolute atomic E-state index is 12.9. The highest BCUT2D eigenvalue weighted by Gasteiger charge is 2.07. The number of carbonyl (C=O) groups is 2. The van der Waals surface area contributed by atoms with Crippen molar-refractivity contribution >= 4 is 29.2 Å². The topological polar surface area (TPSA) is 70.2 Å². The quantitative estimate of drug-likeness (QED) is 0.781. The van der Waals surface area contributed by atoms with E-state index in [2.05, 4.69) is 16.0 Å². The van der Waals surface area contributed by atoms with E-state index in [9.17, 15) is 14.0 Å². The minimum atomic E-state index is -0.559. The average Bonchev–Trinajstić information content (AvgIpc) is 2.38. The van der Waals surface area contributed by atoms with E-state index < -0.39 is 17.8 Å². The highest BCUT2D eigenvalue weighted by Crippen LogP contribution is 2.19. The van der Waals surface area contributed by atoms with Gasteiger partial charge in [0, 0.05) is 12.2 Å². The molecule has 0 fully saturated rings. The standard InChI is InChI=1S/C13H17ClFN3O2/c1-8(2)6-16-13(20)17-7-12(19)18-9-3-4-11(15)10(14)5-9/h3-5,8H,6-7H2,1-2H3,(H,18,19)(H2,16,17,20). The second kappa shape index (κ2) is 7.69. The summed E-state index contributed by atoms with van der Waals surface area (Å²) in [5.41, 5.74) is 0.366. The fourth-order valence-corrected chi connectivity index (χ4v) is 1.48. The average molecular weight is 302 g/mol. The highest BCUT2D eigenvalue weighted by molar-refractivity contribution is 6.31. The van der Waals surface area contributed by atoms with Crippen LogP contribution in [0.15, 0.2) is 18.2 Å². The lowest BCUT2D eigenvalue weighted by atomic mass is 10.2. The molecule has 0 unspecified atom stereocenters. The van der Waals surface area contributed by atoms with Crippen LogP contribution in [-0.2, 0) is 4.79 Å². The Bertz CT molecular complexity index is 495. The number of amides is 3. The summed E-state index contributed by atoms with van der Waals surface area (Å²) in [6.45, 7) is 4.27. The van der Waals surface area contributed by atoms with Crippen LogP contribution in [-0.4, -0.2) is 25.0 Å². The number of hydrogen-bond acceptors (Lipinski definition) is 2. The van der Waals surface area contributed by atoms with Crippen LogP contribution in [0.2, 0.25) is 5.02 Å². The molecule has 0 heterocycles. The normalized spacial score (nSPS) is 10.2. The van der Waals surface area contributed by atoms with Crippen LogP contribution in [0.5, 0.6) is 0 Å². The van der Waals surface area contributed by atoms with Gasteiger partial charge in [-0.05, 0) is 24.1 Å². The first-order valence-electron chi connectivity index (χ1n) is 6.15. The zero-order chi connectivity index (χ0) is 15.1. The maximum Gasteiger partial charge on any atom is 0.315 e. The molecular weight excluding hydrogens is 285 g/mol. The van der Waals surface area contributed by atoms with E-state index in [1.807, 2.05) is 13.8 Å². The van der Waals surface area contributed by atoms with Gasteiger partial charge < -0.3 is 16.0 Å². The molecule has 0 aliphatic heterocycles. The molecular formula is C13H17ClFN3O2. The van der Waals surface area contributed by atoms with Crippen molar-refractivity contribution in [2.75, 3.05) is 18.4 Å². The Balaban J connectivity index is 2.36. The smallest absolute Gasteiger partial charge is 0.315 e. The van der Waals surface area contributed by atoms with E-state index in [1.54, 1.807) is 0 Å². The van der Waals surface area contributed by atoms with E-state index in [0.717, 1.165) is 6.07 Å². The fraction of sp³-hybridized carbons (Fsp3) is 0.385. The molecule has 0 atom stereocenters. The van der Waals surface area contributed by atoms with Gasteiger partial charge in [0.15, 0.2) is 0 Å². The van der Waals surface area contributed by atoms with Crippen molar-refractivity contribution in [3.63, 3.8) is 0 Å². The van der Waals surface area contributed by atoms with Crippen LogP contribution >= 0.6 is 11.6 Å². The zero-order valence-electron chi connectivity index (χ0n) is 11.3. The zero-order valence-corrected chi connectivity index (χ0v) is 12.1.